The molecule has 1 aliphatic rings. The third kappa shape index (κ3) is 5.36. The van der Waals surface area contributed by atoms with Crippen LogP contribution in [0.25, 0.3) is 10.9 Å². The summed E-state index contributed by atoms with van der Waals surface area (Å²) >= 11 is 3.69. The number of nitrogens with zero attached hydrogens (tertiary/aromatic N) is 3. The van der Waals surface area contributed by atoms with Crippen LogP contribution in [-0.4, -0.2) is 57.9 Å². The van der Waals surface area contributed by atoms with Crippen LogP contribution in [0.3, 0.4) is 0 Å². The first-order valence-electron chi connectivity index (χ1n) is 10.7. The molecule has 0 bridgehead atoms. The Hall–Kier alpha value is -2.29. The van der Waals surface area contributed by atoms with Gasteiger partial charge in [0.2, 0.25) is 0 Å². The van der Waals surface area contributed by atoms with Crippen molar-refractivity contribution >= 4 is 40.5 Å². The molecule has 0 saturated carbocycles. The molecule has 1 amide bonds. The Morgan fingerprint density at radius 1 is 1.25 bits per heavy atom. The highest BCUT2D eigenvalue weighted by atomic mass is 32.2. The van der Waals surface area contributed by atoms with Gasteiger partial charge < -0.3 is 15.4 Å². The zero-order chi connectivity index (χ0) is 22.5. The molecule has 2 atom stereocenters. The molecular formula is C24H28N4O2S2. The molecule has 32 heavy (non-hydrogen) atoms. The second-order valence-corrected chi connectivity index (χ2v) is 10.2. The van der Waals surface area contributed by atoms with Gasteiger partial charge in [-0.3, -0.25) is 9.97 Å². The third-order valence-corrected chi connectivity index (χ3v) is 7.94. The number of fused-ring (bicyclic) bond motifs is 1. The number of nitrogens with two attached hydrogens (primary N) is 1. The molecule has 168 valence electrons. The Kier molecular flexibility index (Phi) is 7.55. The zero-order valence-electron chi connectivity index (χ0n) is 18.4. The molecule has 0 radical (unpaired) electrons. The molecule has 6 nitrogen and oxygen atoms in total. The fraction of sp³-hybridized carbons (Fsp3) is 0.375. The van der Waals surface area contributed by atoms with Crippen LogP contribution in [0.5, 0.6) is 0 Å². The van der Waals surface area contributed by atoms with Crippen LogP contribution in [0.15, 0.2) is 53.7 Å². The first kappa shape index (κ1) is 22.9. The van der Waals surface area contributed by atoms with Crippen LogP contribution in [0.1, 0.15) is 29.3 Å². The number of hydrogen-bond donors (Lipinski definition) is 1. The van der Waals surface area contributed by atoms with Crippen molar-refractivity contribution in [2.24, 2.45) is 5.73 Å². The molecular weight excluding hydrogens is 440 g/mol. The lowest BCUT2D eigenvalue weighted by Gasteiger charge is -2.16. The summed E-state index contributed by atoms with van der Waals surface area (Å²) in [7, 11) is 1.78. The number of carbonyl (C=O) groups excluding carboxylic acids is 1. The van der Waals surface area contributed by atoms with Gasteiger partial charge in [0.15, 0.2) is 0 Å². The number of pyridine rings is 2. The number of aromatic nitrogens is 2. The average molecular weight is 469 g/mol. The van der Waals surface area contributed by atoms with Gasteiger partial charge in [0, 0.05) is 35.5 Å². The highest BCUT2D eigenvalue weighted by molar-refractivity contribution is 8.00. The molecule has 0 spiro atoms. The highest BCUT2D eigenvalue weighted by Gasteiger charge is 2.27. The van der Waals surface area contributed by atoms with E-state index in [0.29, 0.717) is 6.54 Å². The summed E-state index contributed by atoms with van der Waals surface area (Å²) in [6.45, 7) is 2.78. The Morgan fingerprint density at radius 3 is 2.91 bits per heavy atom. The smallest absolute Gasteiger partial charge is 0.409 e. The molecule has 2 N–H and O–H groups in total. The van der Waals surface area contributed by atoms with Crippen LogP contribution >= 0.6 is 23.5 Å². The van der Waals surface area contributed by atoms with Gasteiger partial charge in [-0.15, -0.1) is 11.8 Å². The van der Waals surface area contributed by atoms with E-state index in [1.807, 2.05) is 54.1 Å². The van der Waals surface area contributed by atoms with Crippen molar-refractivity contribution in [2.45, 2.75) is 30.4 Å². The van der Waals surface area contributed by atoms with Crippen molar-refractivity contribution in [3.8, 4) is 0 Å². The molecule has 8 heteroatoms. The molecule has 1 saturated heterocycles. The normalized spacial score (nSPS) is 17.0. The lowest BCUT2D eigenvalue weighted by atomic mass is 10.0. The number of ether oxygens (including phenoxy) is 1. The number of hydrogen-bond acceptors (Lipinski definition) is 7. The summed E-state index contributed by atoms with van der Waals surface area (Å²) < 4.78 is 5.30. The minimum absolute atomic E-state index is 0.0150. The largest absolute Gasteiger partial charge is 0.443 e. The summed E-state index contributed by atoms with van der Waals surface area (Å²) in [5.41, 5.74) is 10.6. The minimum atomic E-state index is -0.310. The summed E-state index contributed by atoms with van der Waals surface area (Å²) in [6.07, 6.45) is 4.58. The topological polar surface area (TPSA) is 81.3 Å². The number of amides is 1. The molecule has 3 aromatic rings. The van der Waals surface area contributed by atoms with E-state index in [0.717, 1.165) is 51.4 Å². The van der Waals surface area contributed by atoms with E-state index in [1.165, 1.54) is 4.90 Å². The molecule has 2 aromatic heterocycles. The van der Waals surface area contributed by atoms with Crippen LogP contribution in [0.2, 0.25) is 0 Å². The average Bonchev–Trinajstić information content (AvgIpc) is 3.13. The Bertz CT molecular complexity index is 1090. The Balaban J connectivity index is 1.30. The first-order chi connectivity index (χ1) is 15.5. The number of benzene rings is 1. The van der Waals surface area contributed by atoms with E-state index in [-0.39, 0.29) is 18.2 Å². The van der Waals surface area contributed by atoms with Crippen molar-refractivity contribution in [1.82, 2.24) is 14.9 Å². The third-order valence-electron chi connectivity index (χ3n) is 5.51. The van der Waals surface area contributed by atoms with Crippen molar-refractivity contribution in [3.63, 3.8) is 0 Å². The fourth-order valence-electron chi connectivity index (χ4n) is 3.71. The van der Waals surface area contributed by atoms with Crippen molar-refractivity contribution in [3.05, 3.63) is 65.6 Å². The van der Waals surface area contributed by atoms with Crippen molar-refractivity contribution in [1.29, 1.82) is 0 Å². The molecule has 3 heterocycles. The number of thioether (sulfide) groups is 2. The Morgan fingerprint density at radius 2 is 2.09 bits per heavy atom. The summed E-state index contributed by atoms with van der Waals surface area (Å²) in [5.74, 6) is 2.92. The summed E-state index contributed by atoms with van der Waals surface area (Å²) in [5, 5.41) is 1.08. The van der Waals surface area contributed by atoms with Crippen LogP contribution in [0, 0.1) is 6.92 Å². The van der Waals surface area contributed by atoms with Gasteiger partial charge in [-0.2, -0.15) is 11.8 Å². The van der Waals surface area contributed by atoms with E-state index in [1.54, 1.807) is 11.9 Å². The number of rotatable bonds is 9. The number of para-hydroxylation sites is 1. The van der Waals surface area contributed by atoms with Gasteiger partial charge in [-0.25, -0.2) is 4.79 Å². The molecule has 1 fully saturated rings. The monoisotopic (exact) mass is 468 g/mol. The van der Waals surface area contributed by atoms with E-state index < -0.39 is 0 Å². The lowest BCUT2D eigenvalue weighted by molar-refractivity contribution is 0.142. The van der Waals surface area contributed by atoms with E-state index in [9.17, 15) is 4.79 Å². The van der Waals surface area contributed by atoms with E-state index in [4.69, 9.17) is 10.5 Å². The number of likely N-dealkylation sites (N-methyl/N-ethyl adjacent to an activating group) is 1. The van der Waals surface area contributed by atoms with Gasteiger partial charge in [-0.05, 0) is 54.2 Å². The van der Waals surface area contributed by atoms with Gasteiger partial charge in [0.1, 0.15) is 6.10 Å². The number of carbonyl (C=O) groups is 1. The van der Waals surface area contributed by atoms with Crippen molar-refractivity contribution < 1.29 is 9.53 Å². The quantitative estimate of drug-likeness (QED) is 0.361. The predicted octanol–water partition coefficient (Wildman–Crippen LogP) is 4.65. The van der Waals surface area contributed by atoms with Crippen molar-refractivity contribution in [2.75, 3.05) is 30.9 Å². The molecule has 0 aliphatic carbocycles. The van der Waals surface area contributed by atoms with Crippen LogP contribution in [-0.2, 0) is 4.74 Å². The standard InChI is InChI=1S/C24H28N4O2S2/c1-16-21(32-11-5-10-31-15-19-14-28(2)24(29)30-19)8-9-26-23(16)22(25)18-12-17-6-3-4-7-20(17)27-13-18/h3-4,6-9,12-13,19,22H,5,10-11,14-15,25H2,1-2H3. The maximum atomic E-state index is 11.4. The van der Waals surface area contributed by atoms with E-state index in [2.05, 4.69) is 35.1 Å². The molecule has 1 aliphatic heterocycles. The summed E-state index contributed by atoms with van der Waals surface area (Å²) in [4.78, 5) is 23.4. The Labute approximate surface area is 197 Å². The first-order valence-corrected chi connectivity index (χ1v) is 12.8. The van der Waals surface area contributed by atoms with Crippen LogP contribution < -0.4 is 5.73 Å². The van der Waals surface area contributed by atoms with Crippen LogP contribution in [0.4, 0.5) is 4.79 Å². The second kappa shape index (κ2) is 10.6. The predicted molar refractivity (Wildman–Crippen MR) is 132 cm³/mol. The van der Waals surface area contributed by atoms with Gasteiger partial charge in [-0.1, -0.05) is 18.2 Å². The minimum Gasteiger partial charge on any atom is -0.443 e. The zero-order valence-corrected chi connectivity index (χ0v) is 20.0. The molecule has 1 aromatic carbocycles. The lowest BCUT2D eigenvalue weighted by Crippen LogP contribution is -2.20. The number of cyclic esters (lactones) is 1. The van der Waals surface area contributed by atoms with E-state index >= 15 is 0 Å². The molecule has 2 unspecified atom stereocenters. The summed E-state index contributed by atoms with van der Waals surface area (Å²) in [6, 6.07) is 11.9. The molecule has 4 rings (SSSR count). The second-order valence-electron chi connectivity index (χ2n) is 7.92. The highest BCUT2D eigenvalue weighted by Crippen LogP contribution is 2.30. The van der Waals surface area contributed by atoms with Gasteiger partial charge >= 0.3 is 6.09 Å². The maximum absolute atomic E-state index is 11.4. The SMILES string of the molecule is Cc1c(SCCCSCC2CN(C)C(=O)O2)ccnc1C(N)c1cnc2ccccc2c1. The fourth-order valence-corrected chi connectivity index (χ4v) is 5.83. The maximum Gasteiger partial charge on any atom is 0.409 e. The van der Waals surface area contributed by atoms with Gasteiger partial charge in [0.05, 0.1) is 23.8 Å². The van der Waals surface area contributed by atoms with Gasteiger partial charge in [0.25, 0.3) is 0 Å².